The molecule has 8 heteroatoms. The monoisotopic (exact) mass is 401 g/mol. The Morgan fingerprint density at radius 3 is 2.97 bits per heavy atom. The molecule has 7 rings (SSSR count). The molecule has 0 aromatic carbocycles. The number of pyridine rings is 1. The van der Waals surface area contributed by atoms with E-state index in [4.69, 9.17) is 9.52 Å². The van der Waals surface area contributed by atoms with E-state index in [2.05, 4.69) is 50.2 Å². The standard InChI is InChI=1S/C22H23N7O/c1-22(7-8-22)20-25-26-21(30-20)28-10-6-15-18(24-12-23-15)19(28)16-11-17-14(13-4-5-13)3-2-9-29(17)27-16/h2-3,9,11-13,19H,4-8,10H2,1H3,(H,23,24). The summed E-state index contributed by atoms with van der Waals surface area (Å²) in [5, 5.41) is 13.8. The molecular formula is C22H23N7O. The Morgan fingerprint density at radius 1 is 1.23 bits per heavy atom. The molecule has 4 aromatic rings. The van der Waals surface area contributed by atoms with Crippen LogP contribution in [-0.2, 0) is 11.8 Å². The lowest BCUT2D eigenvalue weighted by Crippen LogP contribution is -2.37. The number of aromatic amines is 1. The maximum Gasteiger partial charge on any atom is 0.319 e. The summed E-state index contributed by atoms with van der Waals surface area (Å²) in [7, 11) is 0. The Bertz CT molecular complexity index is 1260. The summed E-state index contributed by atoms with van der Waals surface area (Å²) in [5.41, 5.74) is 5.75. The van der Waals surface area contributed by atoms with Crippen LogP contribution in [0.15, 0.2) is 35.1 Å². The number of H-pyrrole nitrogens is 1. The molecule has 2 aliphatic carbocycles. The lowest BCUT2D eigenvalue weighted by Gasteiger charge is -2.32. The Balaban J connectivity index is 1.36. The average Bonchev–Trinajstić information content (AvgIpc) is 3.53. The summed E-state index contributed by atoms with van der Waals surface area (Å²) in [6.45, 7) is 2.97. The van der Waals surface area contributed by atoms with Crippen LogP contribution in [0, 0.1) is 0 Å². The van der Waals surface area contributed by atoms with Crippen LogP contribution in [0.2, 0.25) is 0 Å². The number of nitrogens with one attached hydrogen (secondary N) is 1. The third-order valence-corrected chi connectivity index (χ3v) is 6.95. The molecule has 1 unspecified atom stereocenters. The van der Waals surface area contributed by atoms with Crippen LogP contribution in [0.1, 0.15) is 73.1 Å². The molecule has 2 fully saturated rings. The molecule has 1 aliphatic heterocycles. The lowest BCUT2D eigenvalue weighted by atomic mass is 10.00. The van der Waals surface area contributed by atoms with Gasteiger partial charge in [-0.1, -0.05) is 18.1 Å². The number of rotatable bonds is 4. The van der Waals surface area contributed by atoms with Crippen molar-refractivity contribution in [2.75, 3.05) is 11.4 Å². The second-order valence-electron chi connectivity index (χ2n) is 9.20. The van der Waals surface area contributed by atoms with Crippen molar-refractivity contribution in [3.8, 4) is 0 Å². The van der Waals surface area contributed by atoms with Crippen molar-refractivity contribution >= 4 is 11.5 Å². The molecule has 4 aromatic heterocycles. The second kappa shape index (κ2) is 5.71. The fraction of sp³-hybridized carbons (Fsp3) is 0.455. The van der Waals surface area contributed by atoms with Crippen molar-refractivity contribution in [1.29, 1.82) is 0 Å². The van der Waals surface area contributed by atoms with Crippen LogP contribution in [0.5, 0.6) is 0 Å². The van der Waals surface area contributed by atoms with E-state index in [9.17, 15) is 0 Å². The molecule has 8 nitrogen and oxygen atoms in total. The summed E-state index contributed by atoms with van der Waals surface area (Å²) in [4.78, 5) is 10.1. The lowest BCUT2D eigenvalue weighted by molar-refractivity contribution is 0.431. The van der Waals surface area contributed by atoms with Gasteiger partial charge in [0.15, 0.2) is 0 Å². The molecule has 0 radical (unpaired) electrons. The van der Waals surface area contributed by atoms with E-state index < -0.39 is 0 Å². The maximum atomic E-state index is 6.17. The summed E-state index contributed by atoms with van der Waals surface area (Å²) in [5.74, 6) is 1.41. The fourth-order valence-electron chi connectivity index (χ4n) is 4.69. The summed E-state index contributed by atoms with van der Waals surface area (Å²) >= 11 is 0. The number of anilines is 1. The minimum absolute atomic E-state index is 0.0519. The summed E-state index contributed by atoms with van der Waals surface area (Å²) in [6, 6.07) is 6.96. The summed E-state index contributed by atoms with van der Waals surface area (Å²) < 4.78 is 8.18. The molecule has 0 bridgehead atoms. The number of hydrogen-bond acceptors (Lipinski definition) is 6. The van der Waals surface area contributed by atoms with Gasteiger partial charge in [0.25, 0.3) is 0 Å². The molecule has 5 heterocycles. The quantitative estimate of drug-likeness (QED) is 0.563. The van der Waals surface area contributed by atoms with E-state index in [1.807, 2.05) is 10.7 Å². The molecule has 0 saturated heterocycles. The van der Waals surface area contributed by atoms with Crippen LogP contribution in [0.4, 0.5) is 6.01 Å². The largest absolute Gasteiger partial charge is 0.407 e. The molecule has 1 atom stereocenters. The summed E-state index contributed by atoms with van der Waals surface area (Å²) in [6.07, 6.45) is 9.42. The van der Waals surface area contributed by atoms with Gasteiger partial charge in [-0.3, -0.25) is 0 Å². The molecule has 0 amide bonds. The van der Waals surface area contributed by atoms with Gasteiger partial charge in [-0.2, -0.15) is 5.10 Å². The Morgan fingerprint density at radius 2 is 2.13 bits per heavy atom. The molecule has 2 saturated carbocycles. The van der Waals surface area contributed by atoms with Gasteiger partial charge in [0.1, 0.15) is 6.04 Å². The van der Waals surface area contributed by atoms with Crippen molar-refractivity contribution in [3.63, 3.8) is 0 Å². The van der Waals surface area contributed by atoms with Crippen molar-refractivity contribution in [2.45, 2.75) is 56.4 Å². The minimum Gasteiger partial charge on any atom is -0.407 e. The molecule has 3 aliphatic rings. The van der Waals surface area contributed by atoms with Gasteiger partial charge in [0.2, 0.25) is 5.89 Å². The Labute approximate surface area is 173 Å². The predicted octanol–water partition coefficient (Wildman–Crippen LogP) is 3.52. The topological polar surface area (TPSA) is 88.1 Å². The first kappa shape index (κ1) is 16.6. The smallest absolute Gasteiger partial charge is 0.319 e. The van der Waals surface area contributed by atoms with E-state index in [-0.39, 0.29) is 11.5 Å². The maximum absolute atomic E-state index is 6.17. The number of hydrogen-bond donors (Lipinski definition) is 1. The van der Waals surface area contributed by atoms with Gasteiger partial charge < -0.3 is 14.3 Å². The van der Waals surface area contributed by atoms with Gasteiger partial charge in [-0.15, -0.1) is 5.10 Å². The molecular weight excluding hydrogens is 378 g/mol. The zero-order valence-electron chi connectivity index (χ0n) is 16.9. The number of aromatic nitrogens is 6. The van der Waals surface area contributed by atoms with Crippen LogP contribution in [0.3, 0.4) is 0 Å². The highest BCUT2D eigenvalue weighted by atomic mass is 16.4. The zero-order valence-corrected chi connectivity index (χ0v) is 16.9. The Hall–Kier alpha value is -3.16. The van der Waals surface area contributed by atoms with Crippen LogP contribution in [0.25, 0.3) is 5.52 Å². The highest BCUT2D eigenvalue weighted by Crippen LogP contribution is 2.48. The van der Waals surface area contributed by atoms with Crippen LogP contribution >= 0.6 is 0 Å². The van der Waals surface area contributed by atoms with Crippen molar-refractivity contribution in [2.24, 2.45) is 0 Å². The average molecular weight is 401 g/mol. The van der Waals surface area contributed by atoms with Crippen molar-refractivity contribution < 1.29 is 4.42 Å². The van der Waals surface area contributed by atoms with E-state index in [0.29, 0.717) is 11.9 Å². The zero-order chi connectivity index (χ0) is 19.9. The molecule has 152 valence electrons. The predicted molar refractivity (Wildman–Crippen MR) is 110 cm³/mol. The third kappa shape index (κ3) is 2.39. The number of nitrogens with zero attached hydrogens (tertiary/aromatic N) is 6. The first-order valence-corrected chi connectivity index (χ1v) is 10.8. The minimum atomic E-state index is -0.146. The molecule has 1 N–H and O–H groups in total. The van der Waals surface area contributed by atoms with Gasteiger partial charge in [-0.05, 0) is 49.3 Å². The van der Waals surface area contributed by atoms with Gasteiger partial charge in [0, 0.05) is 30.3 Å². The fourth-order valence-corrected chi connectivity index (χ4v) is 4.69. The third-order valence-electron chi connectivity index (χ3n) is 6.95. The molecule has 0 spiro atoms. The van der Waals surface area contributed by atoms with E-state index in [1.165, 1.54) is 23.9 Å². The second-order valence-corrected chi connectivity index (χ2v) is 9.20. The van der Waals surface area contributed by atoms with Crippen molar-refractivity contribution in [3.05, 3.63) is 59.3 Å². The van der Waals surface area contributed by atoms with Gasteiger partial charge >= 0.3 is 6.01 Å². The highest BCUT2D eigenvalue weighted by molar-refractivity contribution is 5.59. The number of imidazole rings is 1. The first-order valence-electron chi connectivity index (χ1n) is 10.8. The van der Waals surface area contributed by atoms with Gasteiger partial charge in [0.05, 0.1) is 23.2 Å². The van der Waals surface area contributed by atoms with Gasteiger partial charge in [-0.25, -0.2) is 9.50 Å². The number of fused-ring (bicyclic) bond motifs is 2. The van der Waals surface area contributed by atoms with Crippen molar-refractivity contribution in [1.82, 2.24) is 29.8 Å². The molecule has 30 heavy (non-hydrogen) atoms. The van der Waals surface area contributed by atoms with E-state index >= 15 is 0 Å². The Kier molecular flexibility index (Phi) is 3.16. The van der Waals surface area contributed by atoms with Crippen LogP contribution in [-0.4, -0.2) is 36.3 Å². The first-order chi connectivity index (χ1) is 14.7. The van der Waals surface area contributed by atoms with E-state index in [0.717, 1.165) is 48.8 Å². The highest BCUT2D eigenvalue weighted by Gasteiger charge is 2.45. The normalized spacial score (nSPS) is 22.4. The van der Waals surface area contributed by atoms with E-state index in [1.54, 1.807) is 6.33 Å². The van der Waals surface area contributed by atoms with Crippen LogP contribution < -0.4 is 4.90 Å². The SMILES string of the molecule is CC1(c2nnc(N3CCc4[nH]cnc4C3c3cc4c(C5CC5)cccn4n3)o2)CC1.